The standard InChI is InChI=1S/C29H34F9N7O/c1-44-42-26(41-43-44)45(16-20-10-22(27(30,31)32)13-23(11-20)28(33,34)35)17-21-12-24(29(36,37)38)15-40-25(21)6-8-39-14-19-4-2-18(3-5-19)7-9-46/h10-13,15,18-19,39,46H,2-9,14,16-17H2,1H3/t18-,19-. The molecule has 0 atom stereocenters. The van der Waals surface area contributed by atoms with Crippen molar-refractivity contribution in [3.63, 3.8) is 0 Å². The Kier molecular flexibility index (Phi) is 11.2. The zero-order valence-corrected chi connectivity index (χ0v) is 24.9. The highest BCUT2D eigenvalue weighted by atomic mass is 19.4. The summed E-state index contributed by atoms with van der Waals surface area (Å²) >= 11 is 0. The average molecular weight is 668 g/mol. The first-order chi connectivity index (χ1) is 21.5. The van der Waals surface area contributed by atoms with Gasteiger partial charge in [-0.25, -0.2) is 0 Å². The highest BCUT2D eigenvalue weighted by Gasteiger charge is 2.37. The third-order valence-electron chi connectivity index (χ3n) is 8.03. The Morgan fingerprint density at radius 1 is 0.848 bits per heavy atom. The van der Waals surface area contributed by atoms with Crippen molar-refractivity contribution in [1.82, 2.24) is 30.5 Å². The van der Waals surface area contributed by atoms with E-state index in [1.54, 1.807) is 0 Å². The number of nitrogens with zero attached hydrogens (tertiary/aromatic N) is 6. The van der Waals surface area contributed by atoms with Gasteiger partial charge in [-0.3, -0.25) is 4.98 Å². The summed E-state index contributed by atoms with van der Waals surface area (Å²) in [6.07, 6.45) is -9.25. The van der Waals surface area contributed by atoms with Crippen LogP contribution in [0.3, 0.4) is 0 Å². The molecule has 17 heteroatoms. The van der Waals surface area contributed by atoms with E-state index in [-0.39, 0.29) is 36.3 Å². The number of benzene rings is 1. The van der Waals surface area contributed by atoms with E-state index in [0.717, 1.165) is 47.9 Å². The van der Waals surface area contributed by atoms with E-state index in [0.29, 0.717) is 43.3 Å². The van der Waals surface area contributed by atoms with E-state index in [4.69, 9.17) is 5.11 Å². The fourth-order valence-electron chi connectivity index (χ4n) is 5.61. The number of aromatic nitrogens is 5. The van der Waals surface area contributed by atoms with Crippen molar-refractivity contribution in [2.75, 3.05) is 24.6 Å². The Balaban J connectivity index is 1.58. The Bertz CT molecular complexity index is 1400. The maximum absolute atomic E-state index is 13.7. The number of hydrogen-bond donors (Lipinski definition) is 2. The van der Waals surface area contributed by atoms with E-state index in [1.165, 1.54) is 7.05 Å². The van der Waals surface area contributed by atoms with Gasteiger partial charge in [-0.1, -0.05) is 17.9 Å². The van der Waals surface area contributed by atoms with Gasteiger partial charge in [0.2, 0.25) is 0 Å². The van der Waals surface area contributed by atoms with Gasteiger partial charge in [0.1, 0.15) is 0 Å². The summed E-state index contributed by atoms with van der Waals surface area (Å²) in [7, 11) is 1.38. The molecule has 0 radical (unpaired) electrons. The minimum atomic E-state index is -5.09. The van der Waals surface area contributed by atoms with Gasteiger partial charge in [-0.15, -0.1) is 5.10 Å². The molecule has 3 aromatic rings. The smallest absolute Gasteiger partial charge is 0.396 e. The highest BCUT2D eigenvalue weighted by molar-refractivity contribution is 5.39. The number of aliphatic hydroxyl groups is 1. The number of pyridine rings is 1. The van der Waals surface area contributed by atoms with Crippen LogP contribution in [0.15, 0.2) is 30.5 Å². The fraction of sp³-hybridized carbons (Fsp3) is 0.586. The normalized spacial score (nSPS) is 17.8. The molecule has 4 rings (SSSR count). The molecule has 8 nitrogen and oxygen atoms in total. The van der Waals surface area contributed by atoms with Crippen LogP contribution < -0.4 is 10.2 Å². The third kappa shape index (κ3) is 9.77. The number of tetrazole rings is 1. The molecule has 1 saturated carbocycles. The molecule has 1 aliphatic rings. The monoisotopic (exact) mass is 667 g/mol. The zero-order chi connectivity index (χ0) is 33.7. The predicted octanol–water partition coefficient (Wildman–Crippen LogP) is 6.19. The highest BCUT2D eigenvalue weighted by Crippen LogP contribution is 2.37. The molecular formula is C29H34F9N7O. The Hall–Kier alpha value is -3.47. The largest absolute Gasteiger partial charge is 0.417 e. The lowest BCUT2D eigenvalue weighted by molar-refractivity contribution is -0.143. The average Bonchev–Trinajstić information content (AvgIpc) is 3.41. The molecule has 0 amide bonds. The van der Waals surface area contributed by atoms with Crippen LogP contribution in [0.5, 0.6) is 0 Å². The second kappa shape index (κ2) is 14.5. The van der Waals surface area contributed by atoms with Gasteiger partial charge >= 0.3 is 18.5 Å². The van der Waals surface area contributed by atoms with Crippen molar-refractivity contribution in [3.05, 3.63) is 64.0 Å². The number of rotatable bonds is 12. The molecule has 0 aliphatic heterocycles. The molecule has 0 bridgehead atoms. The summed E-state index contributed by atoms with van der Waals surface area (Å²) in [5.41, 5.74) is -4.22. The predicted molar refractivity (Wildman–Crippen MR) is 148 cm³/mol. The summed E-state index contributed by atoms with van der Waals surface area (Å²) < 4.78 is 122. The van der Waals surface area contributed by atoms with Crippen LogP contribution in [0.1, 0.15) is 65.6 Å². The second-order valence-corrected chi connectivity index (χ2v) is 11.5. The molecule has 2 heterocycles. The van der Waals surface area contributed by atoms with Gasteiger partial charge < -0.3 is 15.3 Å². The van der Waals surface area contributed by atoms with Crippen molar-refractivity contribution < 1.29 is 44.6 Å². The van der Waals surface area contributed by atoms with Crippen LogP contribution in [0.4, 0.5) is 45.5 Å². The first kappa shape index (κ1) is 35.4. The van der Waals surface area contributed by atoms with Crippen molar-refractivity contribution in [2.45, 2.75) is 70.1 Å². The molecular weight excluding hydrogens is 633 g/mol. The maximum Gasteiger partial charge on any atom is 0.417 e. The lowest BCUT2D eigenvalue weighted by Gasteiger charge is -2.28. The Morgan fingerprint density at radius 2 is 1.46 bits per heavy atom. The molecule has 2 aromatic heterocycles. The summed E-state index contributed by atoms with van der Waals surface area (Å²) in [4.78, 5) is 6.20. The molecule has 1 fully saturated rings. The SMILES string of the molecule is Cn1nnc(N(Cc2cc(C(F)(F)F)cc(C(F)(F)F)c2)Cc2cc(C(F)(F)F)cnc2CCNC[C@H]2CC[C@H](CCO)CC2)n1. The molecule has 0 saturated heterocycles. The van der Waals surface area contributed by atoms with E-state index in [2.05, 4.69) is 25.7 Å². The minimum absolute atomic E-state index is 0.00296. The van der Waals surface area contributed by atoms with Gasteiger partial charge in [0.15, 0.2) is 0 Å². The summed E-state index contributed by atoms with van der Waals surface area (Å²) in [5.74, 6) is 0.705. The molecule has 2 N–H and O–H groups in total. The molecule has 0 spiro atoms. The van der Waals surface area contributed by atoms with Gasteiger partial charge in [0.25, 0.3) is 5.95 Å². The maximum atomic E-state index is 13.7. The van der Waals surface area contributed by atoms with Crippen molar-refractivity contribution in [2.24, 2.45) is 18.9 Å². The summed E-state index contributed by atoms with van der Waals surface area (Å²) in [6.45, 7) is 0.202. The quantitative estimate of drug-likeness (QED) is 0.176. The zero-order valence-electron chi connectivity index (χ0n) is 24.9. The van der Waals surface area contributed by atoms with Gasteiger partial charge in [-0.2, -0.15) is 44.3 Å². The lowest BCUT2D eigenvalue weighted by atomic mass is 9.80. The van der Waals surface area contributed by atoms with Crippen molar-refractivity contribution >= 4 is 5.95 Å². The van der Waals surface area contributed by atoms with Crippen LogP contribution in [0.2, 0.25) is 0 Å². The van der Waals surface area contributed by atoms with E-state index < -0.39 is 53.9 Å². The van der Waals surface area contributed by atoms with Gasteiger partial charge in [0.05, 0.1) is 23.7 Å². The Labute approximate surface area is 259 Å². The van der Waals surface area contributed by atoms with Crippen LogP contribution >= 0.6 is 0 Å². The van der Waals surface area contributed by atoms with E-state index >= 15 is 0 Å². The molecule has 254 valence electrons. The van der Waals surface area contributed by atoms with Crippen molar-refractivity contribution in [1.29, 1.82) is 0 Å². The molecule has 1 aliphatic carbocycles. The van der Waals surface area contributed by atoms with Crippen LogP contribution in [-0.2, 0) is 45.1 Å². The fourth-order valence-corrected chi connectivity index (χ4v) is 5.61. The first-order valence-electron chi connectivity index (χ1n) is 14.7. The molecule has 0 unspecified atom stereocenters. The lowest BCUT2D eigenvalue weighted by Crippen LogP contribution is -2.29. The molecule has 1 aromatic carbocycles. The molecule has 46 heavy (non-hydrogen) atoms. The number of nitrogens with one attached hydrogen (secondary N) is 1. The van der Waals surface area contributed by atoms with Crippen molar-refractivity contribution in [3.8, 4) is 0 Å². The number of halogens is 9. The third-order valence-corrected chi connectivity index (χ3v) is 8.03. The van der Waals surface area contributed by atoms with Crippen LogP contribution in [-0.4, -0.2) is 50.0 Å². The number of aryl methyl sites for hydroxylation is 1. The number of anilines is 1. The minimum Gasteiger partial charge on any atom is -0.396 e. The van der Waals surface area contributed by atoms with Crippen LogP contribution in [0.25, 0.3) is 0 Å². The summed E-state index contributed by atoms with van der Waals surface area (Å²) in [6, 6.07) is 1.95. The second-order valence-electron chi connectivity index (χ2n) is 11.5. The number of aliphatic hydroxyl groups excluding tert-OH is 1. The first-order valence-corrected chi connectivity index (χ1v) is 14.7. The number of alkyl halides is 9. The summed E-state index contributed by atoms with van der Waals surface area (Å²) in [5, 5.41) is 23.9. The van der Waals surface area contributed by atoms with E-state index in [1.807, 2.05) is 0 Å². The van der Waals surface area contributed by atoms with Crippen LogP contribution in [0, 0.1) is 11.8 Å². The van der Waals surface area contributed by atoms with Gasteiger partial charge in [0, 0.05) is 44.6 Å². The van der Waals surface area contributed by atoms with E-state index in [9.17, 15) is 39.5 Å². The van der Waals surface area contributed by atoms with Gasteiger partial charge in [-0.05, 0) is 78.2 Å². The Morgan fingerprint density at radius 3 is 2.00 bits per heavy atom. The topological polar surface area (TPSA) is 92.0 Å². The number of hydrogen-bond acceptors (Lipinski definition) is 7.